The maximum absolute atomic E-state index is 12.8. The van der Waals surface area contributed by atoms with Gasteiger partial charge in [-0.1, -0.05) is 46.9 Å². The van der Waals surface area contributed by atoms with Crippen LogP contribution in [0, 0.1) is 0 Å². The summed E-state index contributed by atoms with van der Waals surface area (Å²) in [6.07, 6.45) is -3.06. The second-order valence-electron chi connectivity index (χ2n) is 5.88. The predicted molar refractivity (Wildman–Crippen MR) is 107 cm³/mol. The lowest BCUT2D eigenvalue weighted by Crippen LogP contribution is -2.20. The Hall–Kier alpha value is -2.42. The van der Waals surface area contributed by atoms with E-state index in [2.05, 4.69) is 15.7 Å². The van der Waals surface area contributed by atoms with E-state index in [1.54, 1.807) is 18.2 Å². The van der Waals surface area contributed by atoms with Gasteiger partial charge >= 0.3 is 12.2 Å². The van der Waals surface area contributed by atoms with Gasteiger partial charge in [0.05, 0.1) is 12.1 Å². The number of amides is 2. The zero-order chi connectivity index (χ0) is 21.2. The Morgan fingerprint density at radius 1 is 1.00 bits per heavy atom. The van der Waals surface area contributed by atoms with Crippen LogP contribution in [-0.4, -0.2) is 15.8 Å². The molecule has 0 atom stereocenters. The van der Waals surface area contributed by atoms with Crippen molar-refractivity contribution in [3.05, 3.63) is 74.9 Å². The molecule has 3 rings (SSSR count). The van der Waals surface area contributed by atoms with Gasteiger partial charge in [-0.05, 0) is 30.3 Å². The Balaban J connectivity index is 1.70. The summed E-state index contributed by atoms with van der Waals surface area (Å²) in [7, 11) is 0. The van der Waals surface area contributed by atoms with E-state index in [0.29, 0.717) is 15.6 Å². The largest absolute Gasteiger partial charge is 0.416 e. The van der Waals surface area contributed by atoms with Crippen molar-refractivity contribution < 1.29 is 18.0 Å². The zero-order valence-corrected chi connectivity index (χ0v) is 16.7. The van der Waals surface area contributed by atoms with E-state index < -0.39 is 17.8 Å². The molecule has 2 amide bonds. The van der Waals surface area contributed by atoms with Crippen LogP contribution in [0.4, 0.5) is 29.5 Å². The van der Waals surface area contributed by atoms with Gasteiger partial charge in [0, 0.05) is 27.5 Å². The van der Waals surface area contributed by atoms with Crippen LogP contribution in [0.1, 0.15) is 11.1 Å². The summed E-state index contributed by atoms with van der Waals surface area (Å²) in [6.45, 7) is 0.204. The van der Waals surface area contributed by atoms with Crippen molar-refractivity contribution in [1.29, 1.82) is 0 Å². The Morgan fingerprint density at radius 2 is 1.66 bits per heavy atom. The molecular formula is C18H12Cl3F3N4O. The van der Waals surface area contributed by atoms with E-state index in [1.165, 1.54) is 23.0 Å². The highest BCUT2D eigenvalue weighted by atomic mass is 35.5. The number of benzene rings is 2. The number of aromatic nitrogens is 2. The molecule has 0 bridgehead atoms. The van der Waals surface area contributed by atoms with Crippen LogP contribution in [0.5, 0.6) is 0 Å². The molecule has 1 heterocycles. The molecular weight excluding hydrogens is 452 g/mol. The smallest absolute Gasteiger partial charge is 0.308 e. The summed E-state index contributed by atoms with van der Waals surface area (Å²) in [6, 6.07) is 8.50. The van der Waals surface area contributed by atoms with Crippen LogP contribution in [0.3, 0.4) is 0 Å². The standard InChI is InChI=1S/C18H12Cl3F3N4O/c19-13-5-2-6-14(20)12(13)8-28-9-15(21)16(27-28)26-17(29)25-11-4-1-3-10(7-11)18(22,23)24/h1-7,9H,8H2,(H2,25,26,27,29). The third-order valence-electron chi connectivity index (χ3n) is 3.78. The monoisotopic (exact) mass is 462 g/mol. The Labute approximate surface area is 178 Å². The lowest BCUT2D eigenvalue weighted by Gasteiger charge is -2.10. The predicted octanol–water partition coefficient (Wildman–Crippen LogP) is 6.55. The van der Waals surface area contributed by atoms with Crippen LogP contribution >= 0.6 is 34.8 Å². The van der Waals surface area contributed by atoms with Crippen molar-refractivity contribution in [3.8, 4) is 0 Å². The summed E-state index contributed by atoms with van der Waals surface area (Å²) < 4.78 is 39.7. The number of anilines is 2. The van der Waals surface area contributed by atoms with Gasteiger partial charge in [-0.25, -0.2) is 4.79 Å². The number of nitrogens with one attached hydrogen (secondary N) is 2. The van der Waals surface area contributed by atoms with Crippen molar-refractivity contribution in [3.63, 3.8) is 0 Å². The molecule has 0 spiro atoms. The molecule has 2 N–H and O–H groups in total. The molecule has 29 heavy (non-hydrogen) atoms. The minimum Gasteiger partial charge on any atom is -0.308 e. The van der Waals surface area contributed by atoms with Gasteiger partial charge in [-0.15, -0.1) is 0 Å². The number of nitrogens with zero attached hydrogens (tertiary/aromatic N) is 2. The molecule has 0 fully saturated rings. The first-order chi connectivity index (χ1) is 13.6. The third kappa shape index (κ3) is 5.35. The summed E-state index contributed by atoms with van der Waals surface area (Å²) in [5, 5.41) is 9.86. The number of carbonyl (C=O) groups is 1. The maximum Gasteiger partial charge on any atom is 0.416 e. The molecule has 1 aromatic heterocycles. The quantitative estimate of drug-likeness (QED) is 0.461. The van der Waals surface area contributed by atoms with Gasteiger partial charge < -0.3 is 5.32 Å². The van der Waals surface area contributed by atoms with E-state index >= 15 is 0 Å². The SMILES string of the molecule is O=C(Nc1cccc(C(F)(F)F)c1)Nc1nn(Cc2c(Cl)cccc2Cl)cc1Cl. The Bertz CT molecular complexity index is 1030. The molecule has 0 saturated carbocycles. The first-order valence-electron chi connectivity index (χ1n) is 8.04. The number of rotatable bonds is 4. The van der Waals surface area contributed by atoms with Crippen molar-refractivity contribution >= 4 is 52.3 Å². The lowest BCUT2D eigenvalue weighted by atomic mass is 10.2. The summed E-state index contributed by atoms with van der Waals surface area (Å²) >= 11 is 18.3. The summed E-state index contributed by atoms with van der Waals surface area (Å²) in [5.74, 6) is 0.0271. The lowest BCUT2D eigenvalue weighted by molar-refractivity contribution is -0.137. The van der Waals surface area contributed by atoms with Gasteiger partial charge in [0.2, 0.25) is 0 Å². The minimum absolute atomic E-state index is 0.0271. The molecule has 0 saturated heterocycles. The number of hydrogen-bond acceptors (Lipinski definition) is 2. The van der Waals surface area contributed by atoms with E-state index in [-0.39, 0.29) is 23.1 Å². The van der Waals surface area contributed by atoms with Gasteiger partial charge in [0.15, 0.2) is 5.82 Å². The molecule has 5 nitrogen and oxygen atoms in total. The van der Waals surface area contributed by atoms with Gasteiger partial charge in [0.1, 0.15) is 5.02 Å². The van der Waals surface area contributed by atoms with E-state index in [4.69, 9.17) is 34.8 Å². The highest BCUT2D eigenvalue weighted by molar-refractivity contribution is 6.36. The summed E-state index contributed by atoms with van der Waals surface area (Å²) in [4.78, 5) is 12.1. The van der Waals surface area contributed by atoms with E-state index in [0.717, 1.165) is 12.1 Å². The number of carbonyl (C=O) groups excluding carboxylic acids is 1. The van der Waals surface area contributed by atoms with Crippen LogP contribution in [-0.2, 0) is 12.7 Å². The maximum atomic E-state index is 12.8. The molecule has 152 valence electrons. The van der Waals surface area contributed by atoms with Crippen LogP contribution in [0.2, 0.25) is 15.1 Å². The Morgan fingerprint density at radius 3 is 2.31 bits per heavy atom. The zero-order valence-electron chi connectivity index (χ0n) is 14.4. The molecule has 0 aliphatic rings. The average molecular weight is 464 g/mol. The minimum atomic E-state index is -4.52. The van der Waals surface area contributed by atoms with Crippen molar-refractivity contribution in [2.24, 2.45) is 0 Å². The fraction of sp³-hybridized carbons (Fsp3) is 0.111. The molecule has 0 radical (unpaired) electrons. The van der Waals surface area contributed by atoms with Gasteiger partial charge in [-0.2, -0.15) is 18.3 Å². The normalized spacial score (nSPS) is 11.4. The Kier molecular flexibility index (Phi) is 6.26. The van der Waals surface area contributed by atoms with Gasteiger partial charge in [0.25, 0.3) is 0 Å². The molecule has 0 aliphatic carbocycles. The molecule has 11 heteroatoms. The molecule has 2 aromatic carbocycles. The second kappa shape index (κ2) is 8.52. The second-order valence-corrected chi connectivity index (χ2v) is 7.10. The molecule has 0 aliphatic heterocycles. The highest BCUT2D eigenvalue weighted by Gasteiger charge is 2.30. The van der Waals surface area contributed by atoms with Crippen LogP contribution < -0.4 is 10.6 Å². The van der Waals surface area contributed by atoms with Crippen LogP contribution in [0.25, 0.3) is 0 Å². The van der Waals surface area contributed by atoms with Gasteiger partial charge in [-0.3, -0.25) is 10.00 Å². The number of hydrogen-bond donors (Lipinski definition) is 2. The fourth-order valence-corrected chi connectivity index (χ4v) is 3.17. The summed E-state index contributed by atoms with van der Waals surface area (Å²) in [5.41, 5.74) is -0.292. The topological polar surface area (TPSA) is 59.0 Å². The molecule has 0 unspecified atom stereocenters. The van der Waals surface area contributed by atoms with E-state index in [1.807, 2.05) is 0 Å². The van der Waals surface area contributed by atoms with Crippen molar-refractivity contribution in [2.75, 3.05) is 10.6 Å². The third-order valence-corrected chi connectivity index (χ3v) is 4.76. The van der Waals surface area contributed by atoms with Crippen LogP contribution in [0.15, 0.2) is 48.7 Å². The van der Waals surface area contributed by atoms with Crippen molar-refractivity contribution in [2.45, 2.75) is 12.7 Å². The van der Waals surface area contributed by atoms with E-state index in [9.17, 15) is 18.0 Å². The van der Waals surface area contributed by atoms with Crippen molar-refractivity contribution in [1.82, 2.24) is 9.78 Å². The first-order valence-corrected chi connectivity index (χ1v) is 9.18. The number of halogens is 6. The number of alkyl halides is 3. The average Bonchev–Trinajstić information content (AvgIpc) is 2.97. The number of urea groups is 1. The fourth-order valence-electron chi connectivity index (χ4n) is 2.45. The molecule has 3 aromatic rings. The highest BCUT2D eigenvalue weighted by Crippen LogP contribution is 2.31. The first kappa shape index (κ1) is 21.3.